The summed E-state index contributed by atoms with van der Waals surface area (Å²) in [7, 11) is 0. The van der Waals surface area contributed by atoms with E-state index in [1.165, 1.54) is 103 Å². The second-order valence-electron chi connectivity index (χ2n) is 15.2. The number of hydrogen-bond donors (Lipinski definition) is 2. The summed E-state index contributed by atoms with van der Waals surface area (Å²) >= 11 is 0. The molecule has 2 aliphatic carbocycles. The summed E-state index contributed by atoms with van der Waals surface area (Å²) in [4.78, 5) is 5.52. The molecule has 0 radical (unpaired) electrons. The fourth-order valence-electron chi connectivity index (χ4n) is 8.70. The lowest BCUT2D eigenvalue weighted by Gasteiger charge is -2.42. The quantitative estimate of drug-likeness (QED) is 0.154. The van der Waals surface area contributed by atoms with Gasteiger partial charge in [-0.15, -0.1) is 0 Å². The van der Waals surface area contributed by atoms with E-state index in [1.54, 1.807) is 0 Å². The molecule has 0 bridgehead atoms. The van der Waals surface area contributed by atoms with Gasteiger partial charge in [0.2, 0.25) is 0 Å². The molecule has 0 aliphatic heterocycles. The van der Waals surface area contributed by atoms with E-state index in [0.717, 1.165) is 23.9 Å². The van der Waals surface area contributed by atoms with Crippen molar-refractivity contribution in [2.45, 2.75) is 207 Å². The van der Waals surface area contributed by atoms with Crippen molar-refractivity contribution in [1.29, 1.82) is 0 Å². The predicted molar refractivity (Wildman–Crippen MR) is 178 cm³/mol. The van der Waals surface area contributed by atoms with Crippen LogP contribution < -0.4 is 10.6 Å². The van der Waals surface area contributed by atoms with E-state index in [-0.39, 0.29) is 0 Å². The molecular formula is C36H74N4. The number of unbranched alkanes of at least 4 members (excludes halogenated alkanes) is 3. The first kappa shape index (κ1) is 36.0. The first-order chi connectivity index (χ1) is 19.0. The molecule has 0 spiro atoms. The summed E-state index contributed by atoms with van der Waals surface area (Å²) in [6, 6.07) is 5.63. The Labute approximate surface area is 252 Å². The fraction of sp³-hybridized carbons (Fsp3) is 1.00. The van der Waals surface area contributed by atoms with E-state index >= 15 is 0 Å². The van der Waals surface area contributed by atoms with Crippen molar-refractivity contribution in [1.82, 2.24) is 20.4 Å². The van der Waals surface area contributed by atoms with Gasteiger partial charge in [0.15, 0.2) is 0 Å². The van der Waals surface area contributed by atoms with Crippen LogP contribution >= 0.6 is 0 Å². The summed E-state index contributed by atoms with van der Waals surface area (Å²) in [6.45, 7) is 26.2. The van der Waals surface area contributed by atoms with Crippen LogP contribution in [0.1, 0.15) is 159 Å². The van der Waals surface area contributed by atoms with Gasteiger partial charge in [-0.2, -0.15) is 0 Å². The van der Waals surface area contributed by atoms with E-state index in [1.807, 2.05) is 0 Å². The maximum absolute atomic E-state index is 3.85. The summed E-state index contributed by atoms with van der Waals surface area (Å²) < 4.78 is 0. The lowest BCUT2D eigenvalue weighted by Crippen LogP contribution is -2.46. The number of hydrogen-bond acceptors (Lipinski definition) is 4. The second kappa shape index (κ2) is 19.2. The van der Waals surface area contributed by atoms with Crippen molar-refractivity contribution in [3.05, 3.63) is 0 Å². The molecule has 2 saturated carbocycles. The molecule has 4 nitrogen and oxygen atoms in total. The average Bonchev–Trinajstić information content (AvgIpc) is 2.87. The van der Waals surface area contributed by atoms with Crippen LogP contribution in [0.4, 0.5) is 0 Å². The summed E-state index contributed by atoms with van der Waals surface area (Å²) in [6.07, 6.45) is 19.4. The number of nitrogens with one attached hydrogen (secondary N) is 2. The van der Waals surface area contributed by atoms with Crippen LogP contribution in [0.15, 0.2) is 0 Å². The van der Waals surface area contributed by atoms with Gasteiger partial charge in [0.05, 0.1) is 0 Å². The first-order valence-corrected chi connectivity index (χ1v) is 18.0. The van der Waals surface area contributed by atoms with E-state index in [0.29, 0.717) is 36.3 Å². The summed E-state index contributed by atoms with van der Waals surface area (Å²) in [5.41, 5.74) is 0. The molecular weight excluding hydrogens is 488 g/mol. The molecule has 238 valence electrons. The Morgan fingerprint density at radius 3 is 1.02 bits per heavy atom. The van der Waals surface area contributed by atoms with Crippen molar-refractivity contribution >= 4 is 0 Å². The van der Waals surface area contributed by atoms with Gasteiger partial charge in [0.25, 0.3) is 0 Å². The van der Waals surface area contributed by atoms with Crippen LogP contribution in [0.3, 0.4) is 0 Å². The van der Waals surface area contributed by atoms with Crippen molar-refractivity contribution in [2.75, 3.05) is 13.1 Å². The van der Waals surface area contributed by atoms with E-state index in [4.69, 9.17) is 0 Å². The minimum absolute atomic E-state index is 0.669. The molecule has 2 unspecified atom stereocenters. The minimum Gasteiger partial charge on any atom is -0.314 e. The fourth-order valence-corrected chi connectivity index (χ4v) is 8.70. The molecule has 0 amide bonds. The largest absolute Gasteiger partial charge is 0.314 e. The number of rotatable bonds is 19. The molecule has 40 heavy (non-hydrogen) atoms. The Hall–Kier alpha value is -0.160. The van der Waals surface area contributed by atoms with Crippen molar-refractivity contribution < 1.29 is 0 Å². The van der Waals surface area contributed by atoms with Crippen LogP contribution in [-0.4, -0.2) is 71.2 Å². The third-order valence-corrected chi connectivity index (χ3v) is 10.3. The van der Waals surface area contributed by atoms with E-state index in [9.17, 15) is 0 Å². The molecule has 0 aromatic carbocycles. The standard InChI is InChI=1S/C36H74N4/c1-27(2)39(28(3)4)35-19-15-33(16-20-35)25-31(9)37-23-13-11-12-14-24-38-32(10)26-34-17-21-36(22-18-34)40(29(5)6)30(7)8/h27-38H,11-26H2,1-10H3. The zero-order valence-corrected chi connectivity index (χ0v) is 29.0. The van der Waals surface area contributed by atoms with Gasteiger partial charge >= 0.3 is 0 Å². The highest BCUT2D eigenvalue weighted by Crippen LogP contribution is 2.33. The third-order valence-electron chi connectivity index (χ3n) is 10.3. The lowest BCUT2D eigenvalue weighted by molar-refractivity contribution is 0.0719. The Morgan fingerprint density at radius 1 is 0.450 bits per heavy atom. The number of nitrogens with zero attached hydrogens (tertiary/aromatic N) is 2. The van der Waals surface area contributed by atoms with Gasteiger partial charge < -0.3 is 10.6 Å². The molecule has 0 aromatic rings. The molecule has 2 fully saturated rings. The highest BCUT2D eigenvalue weighted by atomic mass is 15.2. The second-order valence-corrected chi connectivity index (χ2v) is 15.2. The van der Waals surface area contributed by atoms with Gasteiger partial charge in [-0.05, 0) is 171 Å². The Kier molecular flexibility index (Phi) is 17.3. The maximum Gasteiger partial charge on any atom is 0.0101 e. The van der Waals surface area contributed by atoms with E-state index in [2.05, 4.69) is 89.7 Å². The molecule has 2 N–H and O–H groups in total. The van der Waals surface area contributed by atoms with Crippen LogP contribution in [0, 0.1) is 11.8 Å². The van der Waals surface area contributed by atoms with Crippen LogP contribution in [0.25, 0.3) is 0 Å². The van der Waals surface area contributed by atoms with Crippen molar-refractivity contribution in [3.63, 3.8) is 0 Å². The highest BCUT2D eigenvalue weighted by molar-refractivity contribution is 4.86. The Morgan fingerprint density at radius 2 is 0.750 bits per heavy atom. The Balaban J connectivity index is 1.46. The third kappa shape index (κ3) is 13.0. The monoisotopic (exact) mass is 563 g/mol. The van der Waals surface area contributed by atoms with Crippen molar-refractivity contribution in [2.24, 2.45) is 11.8 Å². The van der Waals surface area contributed by atoms with Crippen LogP contribution in [-0.2, 0) is 0 Å². The normalized spacial score (nSPS) is 26.1. The smallest absolute Gasteiger partial charge is 0.0101 e. The van der Waals surface area contributed by atoms with Crippen LogP contribution in [0.2, 0.25) is 0 Å². The molecule has 0 heterocycles. The molecule has 2 atom stereocenters. The van der Waals surface area contributed by atoms with Gasteiger partial charge in [-0.25, -0.2) is 0 Å². The van der Waals surface area contributed by atoms with Gasteiger partial charge in [0.1, 0.15) is 0 Å². The van der Waals surface area contributed by atoms with E-state index < -0.39 is 0 Å². The highest BCUT2D eigenvalue weighted by Gasteiger charge is 2.30. The van der Waals surface area contributed by atoms with Gasteiger partial charge in [-0.1, -0.05) is 12.8 Å². The zero-order valence-electron chi connectivity index (χ0n) is 29.0. The van der Waals surface area contributed by atoms with Crippen LogP contribution in [0.5, 0.6) is 0 Å². The lowest BCUT2D eigenvalue weighted by atomic mass is 9.81. The van der Waals surface area contributed by atoms with Gasteiger partial charge in [-0.3, -0.25) is 9.80 Å². The minimum atomic E-state index is 0.669. The SMILES string of the molecule is CC(CC1CCC(N(C(C)C)C(C)C)CC1)NCCCCCCNC(C)CC1CCC(N(C(C)C)C(C)C)CC1. The Bertz CT molecular complexity index is 546. The zero-order chi connectivity index (χ0) is 29.7. The molecule has 2 aliphatic rings. The van der Waals surface area contributed by atoms with Gasteiger partial charge in [0, 0.05) is 48.3 Å². The molecule has 0 aromatic heterocycles. The first-order valence-electron chi connectivity index (χ1n) is 18.0. The topological polar surface area (TPSA) is 30.5 Å². The maximum atomic E-state index is 3.85. The average molecular weight is 563 g/mol. The molecule has 4 heteroatoms. The van der Waals surface area contributed by atoms with Crippen molar-refractivity contribution in [3.8, 4) is 0 Å². The predicted octanol–water partition coefficient (Wildman–Crippen LogP) is 8.64. The summed E-state index contributed by atoms with van der Waals surface area (Å²) in [5.74, 6) is 1.86. The molecule has 0 saturated heterocycles. The molecule has 2 rings (SSSR count). The summed E-state index contributed by atoms with van der Waals surface area (Å²) in [5, 5.41) is 7.70.